The topological polar surface area (TPSA) is 130 Å². The Labute approximate surface area is 117 Å². The summed E-state index contributed by atoms with van der Waals surface area (Å²) in [5.74, 6) is -2.67. The Balaban J connectivity index is 2.68. The lowest BCUT2D eigenvalue weighted by Crippen LogP contribution is -2.52. The number of amides is 1. The molecule has 0 aromatic carbocycles. The summed E-state index contributed by atoms with van der Waals surface area (Å²) in [5, 5.41) is 20.1. The monoisotopic (exact) mass is 286 g/mol. The maximum atomic E-state index is 12.3. The van der Waals surface area contributed by atoms with Gasteiger partial charge in [0.05, 0.1) is 5.41 Å². The van der Waals surface area contributed by atoms with Crippen LogP contribution in [-0.4, -0.2) is 40.6 Å². The number of carbonyl (C=O) groups is 3. The van der Waals surface area contributed by atoms with E-state index in [-0.39, 0.29) is 25.3 Å². The van der Waals surface area contributed by atoms with E-state index in [1.165, 1.54) is 0 Å². The molecule has 114 valence electrons. The molecule has 0 aromatic heterocycles. The van der Waals surface area contributed by atoms with E-state index in [2.05, 4.69) is 5.32 Å². The highest BCUT2D eigenvalue weighted by molar-refractivity contribution is 5.88. The largest absolute Gasteiger partial charge is 0.481 e. The Morgan fingerprint density at radius 3 is 2.20 bits per heavy atom. The van der Waals surface area contributed by atoms with Gasteiger partial charge in [-0.1, -0.05) is 19.3 Å². The highest BCUT2D eigenvalue weighted by atomic mass is 16.4. The molecule has 7 heteroatoms. The van der Waals surface area contributed by atoms with Crippen LogP contribution in [0.3, 0.4) is 0 Å². The molecule has 1 saturated carbocycles. The fraction of sp³-hybridized carbons (Fsp3) is 0.769. The molecule has 0 saturated heterocycles. The van der Waals surface area contributed by atoms with Crippen molar-refractivity contribution in [3.63, 3.8) is 0 Å². The Hall–Kier alpha value is -1.63. The summed E-state index contributed by atoms with van der Waals surface area (Å²) in [6.45, 7) is 0.185. The SMILES string of the molecule is NCC1(C(=O)NC(CCC(=O)O)C(=O)O)CCCCC1. The van der Waals surface area contributed by atoms with Gasteiger partial charge >= 0.3 is 11.9 Å². The van der Waals surface area contributed by atoms with E-state index in [1.54, 1.807) is 0 Å². The van der Waals surface area contributed by atoms with E-state index in [1.807, 2.05) is 0 Å². The lowest BCUT2D eigenvalue weighted by molar-refractivity contribution is -0.145. The number of nitrogens with one attached hydrogen (secondary N) is 1. The third-order valence-corrected chi connectivity index (χ3v) is 3.93. The number of hydrogen-bond donors (Lipinski definition) is 4. The second kappa shape index (κ2) is 7.23. The highest BCUT2D eigenvalue weighted by Gasteiger charge is 2.39. The van der Waals surface area contributed by atoms with E-state index in [4.69, 9.17) is 15.9 Å². The van der Waals surface area contributed by atoms with Crippen LogP contribution in [0.25, 0.3) is 0 Å². The molecule has 20 heavy (non-hydrogen) atoms. The van der Waals surface area contributed by atoms with Gasteiger partial charge in [0.15, 0.2) is 0 Å². The molecular formula is C13H22N2O5. The van der Waals surface area contributed by atoms with Crippen molar-refractivity contribution in [3.8, 4) is 0 Å². The predicted molar refractivity (Wildman–Crippen MR) is 71.0 cm³/mol. The van der Waals surface area contributed by atoms with Crippen LogP contribution in [0.4, 0.5) is 0 Å². The summed E-state index contributed by atoms with van der Waals surface area (Å²) in [6, 6.07) is -1.18. The van der Waals surface area contributed by atoms with Crippen molar-refractivity contribution in [1.82, 2.24) is 5.32 Å². The summed E-state index contributed by atoms with van der Waals surface area (Å²) in [7, 11) is 0. The number of carboxylic acid groups (broad SMARTS) is 2. The van der Waals surface area contributed by atoms with E-state index in [0.29, 0.717) is 12.8 Å². The van der Waals surface area contributed by atoms with Gasteiger partial charge in [0.2, 0.25) is 5.91 Å². The minimum Gasteiger partial charge on any atom is -0.481 e. The van der Waals surface area contributed by atoms with Crippen LogP contribution in [0.5, 0.6) is 0 Å². The van der Waals surface area contributed by atoms with Gasteiger partial charge in [-0.2, -0.15) is 0 Å². The quantitative estimate of drug-likeness (QED) is 0.533. The van der Waals surface area contributed by atoms with Gasteiger partial charge in [-0.25, -0.2) is 4.79 Å². The molecule has 7 nitrogen and oxygen atoms in total. The molecule has 1 aliphatic rings. The van der Waals surface area contributed by atoms with Gasteiger partial charge in [-0.15, -0.1) is 0 Å². The van der Waals surface area contributed by atoms with Crippen molar-refractivity contribution in [1.29, 1.82) is 0 Å². The molecular weight excluding hydrogens is 264 g/mol. The number of carboxylic acids is 2. The van der Waals surface area contributed by atoms with Gasteiger partial charge in [0.25, 0.3) is 0 Å². The molecule has 1 aliphatic carbocycles. The minimum absolute atomic E-state index is 0.128. The molecule has 0 aliphatic heterocycles. The number of nitrogens with two attached hydrogens (primary N) is 1. The van der Waals surface area contributed by atoms with Gasteiger partial charge < -0.3 is 21.3 Å². The summed E-state index contributed by atoms with van der Waals surface area (Å²) in [4.78, 5) is 33.9. The molecule has 0 bridgehead atoms. The standard InChI is InChI=1S/C13H22N2O5/c14-8-13(6-2-1-3-7-13)12(20)15-9(11(18)19)4-5-10(16)17/h9H,1-8,14H2,(H,15,20)(H,16,17)(H,18,19). The first-order valence-electron chi connectivity index (χ1n) is 6.87. The average Bonchev–Trinajstić information content (AvgIpc) is 2.43. The van der Waals surface area contributed by atoms with Crippen molar-refractivity contribution in [2.24, 2.45) is 11.1 Å². The summed E-state index contributed by atoms with van der Waals surface area (Å²) >= 11 is 0. The number of carbonyl (C=O) groups excluding carboxylic acids is 1. The molecule has 0 radical (unpaired) electrons. The van der Waals surface area contributed by atoms with Crippen LogP contribution in [0.2, 0.25) is 0 Å². The zero-order valence-corrected chi connectivity index (χ0v) is 11.4. The first-order chi connectivity index (χ1) is 9.41. The zero-order valence-electron chi connectivity index (χ0n) is 11.4. The van der Waals surface area contributed by atoms with Crippen molar-refractivity contribution >= 4 is 17.8 Å². The van der Waals surface area contributed by atoms with Crippen molar-refractivity contribution < 1.29 is 24.6 Å². The molecule has 1 amide bonds. The van der Waals surface area contributed by atoms with E-state index < -0.39 is 23.4 Å². The Morgan fingerprint density at radius 1 is 1.15 bits per heavy atom. The van der Waals surface area contributed by atoms with Crippen molar-refractivity contribution in [2.45, 2.75) is 51.0 Å². The van der Waals surface area contributed by atoms with Crippen LogP contribution in [0, 0.1) is 5.41 Å². The summed E-state index contributed by atoms with van der Waals surface area (Å²) in [6.07, 6.45) is 3.73. The van der Waals surface area contributed by atoms with E-state index >= 15 is 0 Å². The van der Waals surface area contributed by atoms with Gasteiger partial charge in [0, 0.05) is 13.0 Å². The van der Waals surface area contributed by atoms with Gasteiger partial charge in [-0.05, 0) is 19.3 Å². The van der Waals surface area contributed by atoms with Gasteiger partial charge in [-0.3, -0.25) is 9.59 Å². The average molecular weight is 286 g/mol. The van der Waals surface area contributed by atoms with Crippen LogP contribution >= 0.6 is 0 Å². The zero-order chi connectivity index (χ0) is 15.2. The van der Waals surface area contributed by atoms with Crippen LogP contribution in [-0.2, 0) is 14.4 Å². The van der Waals surface area contributed by atoms with Crippen LogP contribution in [0.15, 0.2) is 0 Å². The van der Waals surface area contributed by atoms with Gasteiger partial charge in [0.1, 0.15) is 6.04 Å². The smallest absolute Gasteiger partial charge is 0.326 e. The number of aliphatic carboxylic acids is 2. The molecule has 1 atom stereocenters. The number of hydrogen-bond acceptors (Lipinski definition) is 4. The summed E-state index contributed by atoms with van der Waals surface area (Å²) < 4.78 is 0. The molecule has 0 spiro atoms. The van der Waals surface area contributed by atoms with Crippen LogP contribution < -0.4 is 11.1 Å². The molecule has 5 N–H and O–H groups in total. The van der Waals surface area contributed by atoms with E-state index in [0.717, 1.165) is 19.3 Å². The second-order valence-electron chi connectivity index (χ2n) is 5.34. The Kier molecular flexibility index (Phi) is 5.94. The Bertz CT molecular complexity index is 377. The van der Waals surface area contributed by atoms with Crippen LogP contribution in [0.1, 0.15) is 44.9 Å². The maximum Gasteiger partial charge on any atom is 0.326 e. The lowest BCUT2D eigenvalue weighted by Gasteiger charge is -2.35. The molecule has 0 aromatic rings. The molecule has 1 fully saturated rings. The first-order valence-corrected chi connectivity index (χ1v) is 6.87. The predicted octanol–water partition coefficient (Wildman–Crippen LogP) is 0.330. The molecule has 0 heterocycles. The minimum atomic E-state index is -1.22. The van der Waals surface area contributed by atoms with Crippen molar-refractivity contribution in [3.05, 3.63) is 0 Å². The second-order valence-corrected chi connectivity index (χ2v) is 5.34. The third-order valence-electron chi connectivity index (χ3n) is 3.93. The first kappa shape index (κ1) is 16.4. The van der Waals surface area contributed by atoms with Crippen molar-refractivity contribution in [2.75, 3.05) is 6.54 Å². The third kappa shape index (κ3) is 4.19. The molecule has 1 unspecified atom stereocenters. The highest BCUT2D eigenvalue weighted by Crippen LogP contribution is 2.35. The maximum absolute atomic E-state index is 12.3. The molecule has 1 rings (SSSR count). The fourth-order valence-corrected chi connectivity index (χ4v) is 2.59. The van der Waals surface area contributed by atoms with E-state index in [9.17, 15) is 14.4 Å². The normalized spacial score (nSPS) is 19.1. The fourth-order valence-electron chi connectivity index (χ4n) is 2.59. The summed E-state index contributed by atoms with van der Waals surface area (Å²) in [5.41, 5.74) is 5.01. The lowest BCUT2D eigenvalue weighted by atomic mass is 9.73. The number of rotatable bonds is 7. The Morgan fingerprint density at radius 2 is 1.75 bits per heavy atom.